The van der Waals surface area contributed by atoms with Crippen LogP contribution in [0.5, 0.6) is 0 Å². The Morgan fingerprint density at radius 3 is 2.42 bits per heavy atom. The molecule has 1 atom stereocenters. The summed E-state index contributed by atoms with van der Waals surface area (Å²) in [6.07, 6.45) is 5.07. The van der Waals surface area contributed by atoms with E-state index in [1.165, 1.54) is 0 Å². The molecule has 2 amide bonds. The van der Waals surface area contributed by atoms with Gasteiger partial charge in [-0.1, -0.05) is 20.8 Å². The van der Waals surface area contributed by atoms with E-state index >= 15 is 0 Å². The van der Waals surface area contributed by atoms with Crippen molar-refractivity contribution >= 4 is 11.8 Å². The van der Waals surface area contributed by atoms with Gasteiger partial charge in [0.05, 0.1) is 5.41 Å². The van der Waals surface area contributed by atoms with Gasteiger partial charge in [-0.25, -0.2) is 0 Å². The molecule has 4 aliphatic rings. The second-order valence-corrected chi connectivity index (χ2v) is 10.0. The Morgan fingerprint density at radius 2 is 1.88 bits per heavy atom. The van der Waals surface area contributed by atoms with E-state index < -0.39 is 0 Å². The number of carbonyl (C=O) groups is 2. The fraction of sp³-hybridized carbons (Fsp3) is 0.905. The van der Waals surface area contributed by atoms with Gasteiger partial charge >= 0.3 is 0 Å². The van der Waals surface area contributed by atoms with Crippen LogP contribution in [-0.2, 0) is 9.59 Å². The topological polar surface area (TPSA) is 52.6 Å². The average molecular weight is 362 g/mol. The molecular weight excluding hydrogens is 326 g/mol. The van der Waals surface area contributed by atoms with Crippen molar-refractivity contribution in [1.82, 2.24) is 15.1 Å². The molecule has 4 rings (SSSR count). The Balaban J connectivity index is 1.48. The number of nitrogens with one attached hydrogen (secondary N) is 1. The van der Waals surface area contributed by atoms with E-state index in [9.17, 15) is 9.59 Å². The van der Waals surface area contributed by atoms with Crippen LogP contribution in [0, 0.1) is 28.6 Å². The minimum Gasteiger partial charge on any atom is -0.356 e. The second kappa shape index (κ2) is 6.50. The summed E-state index contributed by atoms with van der Waals surface area (Å²) in [6, 6.07) is 0. The number of hydrogen-bond acceptors (Lipinski definition) is 3. The van der Waals surface area contributed by atoms with Crippen LogP contribution in [0.2, 0.25) is 0 Å². The zero-order valence-corrected chi connectivity index (χ0v) is 16.7. The van der Waals surface area contributed by atoms with E-state index in [0.717, 1.165) is 71.4 Å². The highest BCUT2D eigenvalue weighted by Crippen LogP contribution is 2.56. The van der Waals surface area contributed by atoms with E-state index in [1.807, 2.05) is 0 Å². The molecule has 0 bridgehead atoms. The van der Waals surface area contributed by atoms with Crippen LogP contribution in [0.4, 0.5) is 0 Å². The molecule has 1 unspecified atom stereocenters. The van der Waals surface area contributed by atoms with Crippen molar-refractivity contribution in [3.8, 4) is 0 Å². The molecule has 4 fully saturated rings. The number of nitrogens with zero attached hydrogens (tertiary/aromatic N) is 2. The van der Waals surface area contributed by atoms with Gasteiger partial charge in [-0.15, -0.1) is 0 Å². The van der Waals surface area contributed by atoms with Crippen LogP contribution in [0.15, 0.2) is 0 Å². The maximum Gasteiger partial charge on any atom is 0.228 e. The van der Waals surface area contributed by atoms with Crippen molar-refractivity contribution in [1.29, 1.82) is 0 Å². The molecule has 0 radical (unpaired) electrons. The van der Waals surface area contributed by atoms with Gasteiger partial charge in [0.1, 0.15) is 0 Å². The number of likely N-dealkylation sites (tertiary alicyclic amines) is 2. The number of hydrogen-bond donors (Lipinski definition) is 1. The van der Waals surface area contributed by atoms with E-state index in [1.54, 1.807) is 0 Å². The molecule has 3 saturated heterocycles. The predicted molar refractivity (Wildman–Crippen MR) is 101 cm³/mol. The summed E-state index contributed by atoms with van der Waals surface area (Å²) < 4.78 is 0. The number of amides is 2. The highest BCUT2D eigenvalue weighted by molar-refractivity contribution is 5.86. The lowest BCUT2D eigenvalue weighted by molar-refractivity contribution is -0.144. The summed E-state index contributed by atoms with van der Waals surface area (Å²) in [4.78, 5) is 30.3. The van der Waals surface area contributed by atoms with Crippen LogP contribution in [-0.4, -0.2) is 60.9 Å². The van der Waals surface area contributed by atoms with Crippen LogP contribution in [0.1, 0.15) is 52.9 Å². The van der Waals surface area contributed by atoms with Crippen LogP contribution < -0.4 is 5.32 Å². The minimum atomic E-state index is -0.220. The molecule has 1 aliphatic carbocycles. The first kappa shape index (κ1) is 18.3. The quantitative estimate of drug-likeness (QED) is 0.838. The van der Waals surface area contributed by atoms with Gasteiger partial charge in [0.2, 0.25) is 11.8 Å². The number of carbonyl (C=O) groups excluding carboxylic acids is 2. The molecule has 26 heavy (non-hydrogen) atoms. The lowest BCUT2D eigenvalue weighted by Gasteiger charge is -2.48. The molecule has 3 heterocycles. The Kier molecular flexibility index (Phi) is 4.57. The summed E-state index contributed by atoms with van der Waals surface area (Å²) in [7, 11) is 0. The zero-order chi connectivity index (χ0) is 18.5. The van der Waals surface area contributed by atoms with Crippen molar-refractivity contribution in [3.63, 3.8) is 0 Å². The first-order valence-corrected chi connectivity index (χ1v) is 10.6. The summed E-state index contributed by atoms with van der Waals surface area (Å²) >= 11 is 0. The van der Waals surface area contributed by atoms with Crippen LogP contribution in [0.25, 0.3) is 0 Å². The van der Waals surface area contributed by atoms with Crippen molar-refractivity contribution in [2.45, 2.75) is 52.9 Å². The monoisotopic (exact) mass is 361 g/mol. The minimum absolute atomic E-state index is 0.0617. The van der Waals surface area contributed by atoms with Crippen LogP contribution in [0.3, 0.4) is 0 Å². The van der Waals surface area contributed by atoms with Crippen molar-refractivity contribution < 1.29 is 9.59 Å². The highest BCUT2D eigenvalue weighted by atomic mass is 16.2. The van der Waals surface area contributed by atoms with Crippen molar-refractivity contribution in [3.05, 3.63) is 0 Å². The number of rotatable bonds is 3. The van der Waals surface area contributed by atoms with Gasteiger partial charge in [0.25, 0.3) is 0 Å². The Hall–Kier alpha value is -1.10. The van der Waals surface area contributed by atoms with Gasteiger partial charge in [-0.2, -0.15) is 0 Å². The van der Waals surface area contributed by atoms with E-state index in [-0.39, 0.29) is 22.7 Å². The molecule has 5 heteroatoms. The largest absolute Gasteiger partial charge is 0.356 e. The van der Waals surface area contributed by atoms with Gasteiger partial charge in [0, 0.05) is 50.6 Å². The fourth-order valence-corrected chi connectivity index (χ4v) is 6.31. The zero-order valence-electron chi connectivity index (χ0n) is 16.7. The van der Waals surface area contributed by atoms with Crippen molar-refractivity contribution in [2.75, 3.05) is 39.3 Å². The summed E-state index contributed by atoms with van der Waals surface area (Å²) in [5.41, 5.74) is -0.159. The van der Waals surface area contributed by atoms with Gasteiger partial charge in [0.15, 0.2) is 0 Å². The lowest BCUT2D eigenvalue weighted by Crippen LogP contribution is -2.54. The average Bonchev–Trinajstić information content (AvgIpc) is 3.06. The summed E-state index contributed by atoms with van der Waals surface area (Å²) in [5, 5.41) is 3.13. The molecule has 146 valence electrons. The molecule has 0 aromatic rings. The first-order valence-electron chi connectivity index (χ1n) is 10.6. The van der Waals surface area contributed by atoms with Gasteiger partial charge in [-0.3, -0.25) is 9.59 Å². The molecule has 2 spiro atoms. The molecule has 5 nitrogen and oxygen atoms in total. The second-order valence-electron chi connectivity index (χ2n) is 10.0. The standard InChI is InChI=1S/C21H35N3O2/c1-15(2)12-23-13-20(21(14-23)4-7-22-19(21)26)5-8-24(9-6-20)18(25)17-10-16(3)11-17/h15-17H,4-14H2,1-3H3,(H,22,26). The molecule has 3 aliphatic heterocycles. The fourth-order valence-electron chi connectivity index (χ4n) is 6.31. The number of fused-ring (bicyclic) bond motifs is 1. The first-order chi connectivity index (χ1) is 12.4. The van der Waals surface area contributed by atoms with Crippen LogP contribution >= 0.6 is 0 Å². The third-order valence-corrected chi connectivity index (χ3v) is 7.69. The molecule has 1 saturated carbocycles. The molecule has 0 aromatic carbocycles. The maximum atomic E-state index is 12.9. The third-order valence-electron chi connectivity index (χ3n) is 7.69. The normalized spacial score (nSPS) is 36.8. The third kappa shape index (κ3) is 2.78. The SMILES string of the molecule is CC(C)CN1CC2(CCN(C(=O)C3CC(C)C3)CC2)C2(CCNC2=O)C1. The predicted octanol–water partition coefficient (Wildman–Crippen LogP) is 2.12. The maximum absolute atomic E-state index is 12.9. The Bertz CT molecular complexity index is 576. The van der Waals surface area contributed by atoms with E-state index in [2.05, 4.69) is 35.9 Å². The van der Waals surface area contributed by atoms with E-state index in [4.69, 9.17) is 0 Å². The number of piperidine rings is 1. The highest BCUT2D eigenvalue weighted by Gasteiger charge is 2.63. The molecule has 0 aromatic heterocycles. The summed E-state index contributed by atoms with van der Waals surface area (Å²) in [6.45, 7) is 12.3. The van der Waals surface area contributed by atoms with Gasteiger partial charge < -0.3 is 15.1 Å². The van der Waals surface area contributed by atoms with Crippen molar-refractivity contribution in [2.24, 2.45) is 28.6 Å². The lowest BCUT2D eigenvalue weighted by atomic mass is 9.60. The van der Waals surface area contributed by atoms with Gasteiger partial charge in [-0.05, 0) is 43.9 Å². The summed E-state index contributed by atoms with van der Waals surface area (Å²) in [5.74, 6) is 2.25. The Labute approximate surface area is 157 Å². The van der Waals surface area contributed by atoms with E-state index in [0.29, 0.717) is 17.7 Å². The molecule has 1 N–H and O–H groups in total. The Morgan fingerprint density at radius 1 is 1.19 bits per heavy atom. The molecular formula is C21H35N3O2. The smallest absolute Gasteiger partial charge is 0.228 e.